The van der Waals surface area contributed by atoms with Crippen LogP contribution < -0.4 is 0 Å². The summed E-state index contributed by atoms with van der Waals surface area (Å²) in [6, 6.07) is 57.9. The third-order valence-electron chi connectivity index (χ3n) is 11.4. The fourth-order valence-corrected chi connectivity index (χ4v) is 8.08. The van der Waals surface area contributed by atoms with E-state index in [1.54, 1.807) is 0 Å². The third kappa shape index (κ3) is 7.23. The van der Waals surface area contributed by atoms with E-state index in [-0.39, 0.29) is 11.2 Å². The minimum atomic E-state index is -0.145. The minimum absolute atomic E-state index is 0.145. The Morgan fingerprint density at radius 3 is 1.88 bits per heavy atom. The number of rotatable bonds is 7. The van der Waals surface area contributed by atoms with Crippen molar-refractivity contribution in [3.8, 4) is 78.6 Å². The lowest BCUT2D eigenvalue weighted by atomic mass is 9.84. The first-order chi connectivity index (χ1) is 28.5. The van der Waals surface area contributed by atoms with E-state index >= 15 is 0 Å². The SMILES string of the molecule is Cc1ccc(-c2ccnc(-c3cc(-c4ccccc4)cc(-c4cccc5c4nc(-c4cc(C(C)(C)C)cc(C)c4O)n5-c4ccc(C)cc4-c4ccccc4)c3)c2)cc1. The first-order valence-corrected chi connectivity index (χ1v) is 20.3. The topological polar surface area (TPSA) is 50.9 Å². The molecule has 2 aromatic heterocycles. The molecule has 4 nitrogen and oxygen atoms in total. The Bertz CT molecular complexity index is 2990. The highest BCUT2D eigenvalue weighted by Crippen LogP contribution is 2.43. The lowest BCUT2D eigenvalue weighted by Crippen LogP contribution is -2.12. The summed E-state index contributed by atoms with van der Waals surface area (Å²) in [5.41, 5.74) is 18.3. The van der Waals surface area contributed by atoms with Crippen LogP contribution in [0.4, 0.5) is 0 Å². The molecule has 0 atom stereocenters. The molecule has 9 rings (SSSR count). The van der Waals surface area contributed by atoms with Gasteiger partial charge in [0, 0.05) is 22.9 Å². The first kappa shape index (κ1) is 37.5. The fourth-order valence-electron chi connectivity index (χ4n) is 8.08. The van der Waals surface area contributed by atoms with E-state index < -0.39 is 0 Å². The van der Waals surface area contributed by atoms with Gasteiger partial charge >= 0.3 is 0 Å². The van der Waals surface area contributed by atoms with Crippen LogP contribution in [0.5, 0.6) is 5.75 Å². The second-order valence-electron chi connectivity index (χ2n) is 16.7. The zero-order chi connectivity index (χ0) is 40.8. The van der Waals surface area contributed by atoms with Crippen molar-refractivity contribution >= 4 is 11.0 Å². The normalized spacial score (nSPS) is 11.6. The average Bonchev–Trinajstić information content (AvgIpc) is 3.64. The Labute approximate surface area is 347 Å². The molecule has 59 heavy (non-hydrogen) atoms. The molecule has 4 heteroatoms. The van der Waals surface area contributed by atoms with Crippen LogP contribution in [-0.2, 0) is 5.41 Å². The number of fused-ring (bicyclic) bond motifs is 1. The van der Waals surface area contributed by atoms with Crippen LogP contribution in [0, 0.1) is 20.8 Å². The molecular weight excluding hydrogens is 719 g/mol. The van der Waals surface area contributed by atoms with Crippen molar-refractivity contribution in [2.24, 2.45) is 0 Å². The molecule has 9 aromatic rings. The number of hydrogen-bond acceptors (Lipinski definition) is 3. The van der Waals surface area contributed by atoms with Crippen molar-refractivity contribution in [1.82, 2.24) is 14.5 Å². The van der Waals surface area contributed by atoms with E-state index in [9.17, 15) is 5.11 Å². The maximum Gasteiger partial charge on any atom is 0.149 e. The molecule has 0 radical (unpaired) electrons. The van der Waals surface area contributed by atoms with E-state index in [0.29, 0.717) is 11.4 Å². The second-order valence-corrected chi connectivity index (χ2v) is 16.7. The van der Waals surface area contributed by atoms with Crippen LogP contribution in [0.1, 0.15) is 43.0 Å². The van der Waals surface area contributed by atoms with Crippen LogP contribution in [0.3, 0.4) is 0 Å². The first-order valence-electron chi connectivity index (χ1n) is 20.3. The predicted octanol–water partition coefficient (Wildman–Crippen LogP) is 14.4. The Morgan fingerprint density at radius 1 is 0.492 bits per heavy atom. The van der Waals surface area contributed by atoms with Gasteiger partial charge < -0.3 is 5.11 Å². The Balaban J connectivity index is 1.33. The van der Waals surface area contributed by atoms with E-state index in [2.05, 4.69) is 197 Å². The number of imidazole rings is 1. The fraction of sp³-hybridized carbons (Fsp3) is 0.127. The number of pyridine rings is 1. The molecule has 0 spiro atoms. The van der Waals surface area contributed by atoms with Crippen molar-refractivity contribution in [3.05, 3.63) is 192 Å². The maximum atomic E-state index is 11.9. The number of benzene rings is 7. The summed E-state index contributed by atoms with van der Waals surface area (Å²) in [6.45, 7) is 12.8. The van der Waals surface area contributed by atoms with Crippen LogP contribution in [0.15, 0.2) is 170 Å². The molecule has 0 saturated heterocycles. The number of nitrogens with zero attached hydrogens (tertiary/aromatic N) is 3. The summed E-state index contributed by atoms with van der Waals surface area (Å²) >= 11 is 0. The lowest BCUT2D eigenvalue weighted by Gasteiger charge is -2.22. The van der Waals surface area contributed by atoms with Gasteiger partial charge in [-0.05, 0) is 125 Å². The smallest absolute Gasteiger partial charge is 0.149 e. The highest BCUT2D eigenvalue weighted by Gasteiger charge is 2.25. The Hall–Kier alpha value is -7.04. The zero-order valence-corrected chi connectivity index (χ0v) is 34.5. The molecular formula is C55H47N3O. The van der Waals surface area contributed by atoms with E-state index in [1.807, 2.05) is 19.2 Å². The van der Waals surface area contributed by atoms with Crippen LogP contribution in [0.2, 0.25) is 0 Å². The van der Waals surface area contributed by atoms with Gasteiger partial charge in [-0.15, -0.1) is 0 Å². The van der Waals surface area contributed by atoms with Crippen LogP contribution >= 0.6 is 0 Å². The zero-order valence-electron chi connectivity index (χ0n) is 34.5. The molecule has 7 aromatic carbocycles. The highest BCUT2D eigenvalue weighted by molar-refractivity contribution is 5.98. The number of phenolic OH excluding ortho intramolecular Hbond substituents is 1. The van der Waals surface area contributed by atoms with Gasteiger partial charge in [0.2, 0.25) is 0 Å². The van der Waals surface area contributed by atoms with Crippen molar-refractivity contribution < 1.29 is 5.11 Å². The molecule has 0 aliphatic carbocycles. The summed E-state index contributed by atoms with van der Waals surface area (Å²) < 4.78 is 2.25. The molecule has 0 amide bonds. The van der Waals surface area contributed by atoms with Crippen molar-refractivity contribution in [2.75, 3.05) is 0 Å². The largest absolute Gasteiger partial charge is 0.507 e. The van der Waals surface area contributed by atoms with Gasteiger partial charge in [0.15, 0.2) is 0 Å². The van der Waals surface area contributed by atoms with Crippen molar-refractivity contribution in [2.45, 2.75) is 47.0 Å². The molecule has 0 saturated carbocycles. The number of aromatic hydroxyl groups is 1. The van der Waals surface area contributed by atoms with Gasteiger partial charge in [0.1, 0.15) is 11.6 Å². The van der Waals surface area contributed by atoms with Gasteiger partial charge in [-0.3, -0.25) is 9.55 Å². The summed E-state index contributed by atoms with van der Waals surface area (Å²) in [6.07, 6.45) is 1.90. The molecule has 2 heterocycles. The number of phenols is 1. The molecule has 0 unspecified atom stereocenters. The van der Waals surface area contributed by atoms with Crippen molar-refractivity contribution in [1.29, 1.82) is 0 Å². The van der Waals surface area contributed by atoms with E-state index in [4.69, 9.17) is 9.97 Å². The standard InChI is InChI=1S/C55H47N3O/c1-35-20-23-39(24-21-35)41-26-27-56-49(33-41)44-31-42(38-14-9-7-10-15-38)30-43(32-44)46-18-13-19-51-52(46)57-54(48-34-45(55(4,5)6)29-37(3)53(48)59)58(51)50-25-22-36(2)28-47(50)40-16-11-8-12-17-40/h7-34,59H,1-6H3. The molecule has 1 N–H and O–H groups in total. The summed E-state index contributed by atoms with van der Waals surface area (Å²) in [5, 5.41) is 11.9. The summed E-state index contributed by atoms with van der Waals surface area (Å²) in [7, 11) is 0. The van der Waals surface area contributed by atoms with Gasteiger partial charge in [0.25, 0.3) is 0 Å². The molecule has 0 aliphatic heterocycles. The average molecular weight is 766 g/mol. The Morgan fingerprint density at radius 2 is 1.15 bits per heavy atom. The molecule has 288 valence electrons. The minimum Gasteiger partial charge on any atom is -0.507 e. The number of aromatic nitrogens is 3. The molecule has 0 fully saturated rings. The molecule has 0 aliphatic rings. The Kier molecular flexibility index (Phi) is 9.57. The van der Waals surface area contributed by atoms with E-state index in [1.165, 1.54) is 5.56 Å². The van der Waals surface area contributed by atoms with Crippen molar-refractivity contribution in [3.63, 3.8) is 0 Å². The quantitative estimate of drug-likeness (QED) is 0.176. The highest BCUT2D eigenvalue weighted by atomic mass is 16.3. The number of para-hydroxylation sites is 1. The number of hydrogen-bond donors (Lipinski definition) is 1. The summed E-state index contributed by atoms with van der Waals surface area (Å²) in [4.78, 5) is 10.5. The lowest BCUT2D eigenvalue weighted by molar-refractivity contribution is 0.471. The van der Waals surface area contributed by atoms with Crippen LogP contribution in [-0.4, -0.2) is 19.6 Å². The van der Waals surface area contributed by atoms with Gasteiger partial charge in [-0.2, -0.15) is 0 Å². The van der Waals surface area contributed by atoms with Gasteiger partial charge in [-0.25, -0.2) is 4.98 Å². The second kappa shape index (κ2) is 15.0. The molecule has 0 bridgehead atoms. The van der Waals surface area contributed by atoms with Gasteiger partial charge in [0.05, 0.1) is 28.0 Å². The van der Waals surface area contributed by atoms with E-state index in [0.717, 1.165) is 89.2 Å². The number of aryl methyl sites for hydroxylation is 3. The summed E-state index contributed by atoms with van der Waals surface area (Å²) in [5.74, 6) is 0.921. The van der Waals surface area contributed by atoms with Gasteiger partial charge in [-0.1, -0.05) is 141 Å². The monoisotopic (exact) mass is 765 g/mol. The maximum absolute atomic E-state index is 11.9. The van der Waals surface area contributed by atoms with Crippen LogP contribution in [0.25, 0.3) is 83.9 Å². The third-order valence-corrected chi connectivity index (χ3v) is 11.4. The predicted molar refractivity (Wildman–Crippen MR) is 246 cm³/mol.